The number of rotatable bonds is 4. The Balaban J connectivity index is 2.89. The molecule has 0 aromatic heterocycles. The maximum atomic E-state index is 12.9. The Labute approximate surface area is 87.8 Å². The van der Waals surface area contributed by atoms with Gasteiger partial charge in [0.1, 0.15) is 11.9 Å². The summed E-state index contributed by atoms with van der Waals surface area (Å²) in [7, 11) is 0. The van der Waals surface area contributed by atoms with Crippen LogP contribution in [0.2, 0.25) is 0 Å². The van der Waals surface area contributed by atoms with Crippen molar-refractivity contribution in [3.05, 3.63) is 35.1 Å². The Bertz CT molecular complexity index is 328. The van der Waals surface area contributed by atoms with Crippen LogP contribution in [0.15, 0.2) is 18.2 Å². The first-order valence-electron chi connectivity index (χ1n) is 4.79. The molecule has 0 heterocycles. The van der Waals surface area contributed by atoms with E-state index in [0.717, 1.165) is 0 Å². The van der Waals surface area contributed by atoms with E-state index in [9.17, 15) is 14.6 Å². The second kappa shape index (κ2) is 5.21. The van der Waals surface area contributed by atoms with Gasteiger partial charge in [0.2, 0.25) is 0 Å². The Morgan fingerprint density at radius 2 is 2.00 bits per heavy atom. The smallest absolute Gasteiger partial charge is 0.123 e. The van der Waals surface area contributed by atoms with Crippen molar-refractivity contribution in [2.75, 3.05) is 6.61 Å². The second-order valence-electron chi connectivity index (χ2n) is 3.53. The lowest BCUT2D eigenvalue weighted by atomic mass is 9.98. The molecule has 0 aliphatic carbocycles. The summed E-state index contributed by atoms with van der Waals surface area (Å²) in [6.07, 6.45) is -2.17. The van der Waals surface area contributed by atoms with Crippen LogP contribution in [-0.2, 0) is 0 Å². The van der Waals surface area contributed by atoms with Crippen molar-refractivity contribution >= 4 is 0 Å². The summed E-state index contributed by atoms with van der Waals surface area (Å²) in [4.78, 5) is 0. The van der Waals surface area contributed by atoms with Gasteiger partial charge in [-0.2, -0.15) is 0 Å². The first-order valence-corrected chi connectivity index (χ1v) is 4.79. The average Bonchev–Trinajstić information content (AvgIpc) is 2.21. The molecule has 0 saturated heterocycles. The minimum Gasteiger partial charge on any atom is -0.396 e. The average molecular weight is 214 g/mol. The number of hydrogen-bond donors (Lipinski definition) is 3. The topological polar surface area (TPSA) is 60.7 Å². The SMILES string of the molecule is Cc1ccc(F)cc1C(O)C(O)CCO. The Morgan fingerprint density at radius 3 is 2.60 bits per heavy atom. The van der Waals surface area contributed by atoms with Crippen LogP contribution in [0.4, 0.5) is 4.39 Å². The molecule has 0 aliphatic heterocycles. The van der Waals surface area contributed by atoms with Crippen LogP contribution in [0.1, 0.15) is 23.7 Å². The molecule has 0 saturated carbocycles. The van der Waals surface area contributed by atoms with Gasteiger partial charge in [-0.05, 0) is 36.6 Å². The lowest BCUT2D eigenvalue weighted by Crippen LogP contribution is -2.20. The highest BCUT2D eigenvalue weighted by Gasteiger charge is 2.19. The molecule has 2 atom stereocenters. The van der Waals surface area contributed by atoms with Crippen LogP contribution < -0.4 is 0 Å². The number of halogens is 1. The van der Waals surface area contributed by atoms with Crippen LogP contribution >= 0.6 is 0 Å². The third-order valence-electron chi connectivity index (χ3n) is 2.35. The summed E-state index contributed by atoms with van der Waals surface area (Å²) >= 11 is 0. The fourth-order valence-corrected chi connectivity index (χ4v) is 1.43. The highest BCUT2D eigenvalue weighted by molar-refractivity contribution is 5.29. The first-order chi connectivity index (χ1) is 7.06. The maximum absolute atomic E-state index is 12.9. The van der Waals surface area contributed by atoms with Crippen LogP contribution in [-0.4, -0.2) is 28.0 Å². The van der Waals surface area contributed by atoms with E-state index in [1.165, 1.54) is 12.1 Å². The molecule has 2 unspecified atom stereocenters. The van der Waals surface area contributed by atoms with E-state index >= 15 is 0 Å². The number of aryl methyl sites for hydroxylation is 1. The Hall–Kier alpha value is -0.970. The molecule has 4 heteroatoms. The standard InChI is InChI=1S/C11H15FO3/c1-7-2-3-8(12)6-9(7)11(15)10(14)4-5-13/h2-3,6,10-11,13-15H,4-5H2,1H3. The van der Waals surface area contributed by atoms with Gasteiger partial charge in [0, 0.05) is 6.61 Å². The monoisotopic (exact) mass is 214 g/mol. The molecule has 3 N–H and O–H groups in total. The van der Waals surface area contributed by atoms with E-state index in [4.69, 9.17) is 5.11 Å². The lowest BCUT2D eigenvalue weighted by molar-refractivity contribution is 0.00374. The minimum atomic E-state index is -1.16. The molecular weight excluding hydrogens is 199 g/mol. The predicted molar refractivity (Wildman–Crippen MR) is 53.8 cm³/mol. The summed E-state index contributed by atoms with van der Waals surface area (Å²) in [5.41, 5.74) is 1.07. The zero-order valence-electron chi connectivity index (χ0n) is 8.52. The fourth-order valence-electron chi connectivity index (χ4n) is 1.43. The van der Waals surface area contributed by atoms with Gasteiger partial charge in [0.05, 0.1) is 6.10 Å². The quantitative estimate of drug-likeness (QED) is 0.698. The van der Waals surface area contributed by atoms with Gasteiger partial charge in [-0.3, -0.25) is 0 Å². The first kappa shape index (κ1) is 12.1. The van der Waals surface area contributed by atoms with Gasteiger partial charge in [-0.1, -0.05) is 6.07 Å². The van der Waals surface area contributed by atoms with Gasteiger partial charge in [-0.25, -0.2) is 4.39 Å². The molecule has 1 aromatic carbocycles. The maximum Gasteiger partial charge on any atom is 0.123 e. The van der Waals surface area contributed by atoms with Crippen LogP contribution in [0.25, 0.3) is 0 Å². The van der Waals surface area contributed by atoms with Gasteiger partial charge in [-0.15, -0.1) is 0 Å². The van der Waals surface area contributed by atoms with Crippen molar-refractivity contribution in [1.82, 2.24) is 0 Å². The molecule has 0 bridgehead atoms. The normalized spacial score (nSPS) is 15.0. The van der Waals surface area contributed by atoms with Crippen molar-refractivity contribution in [1.29, 1.82) is 0 Å². The molecule has 15 heavy (non-hydrogen) atoms. The second-order valence-corrected chi connectivity index (χ2v) is 3.53. The van der Waals surface area contributed by atoms with Gasteiger partial charge < -0.3 is 15.3 Å². The zero-order chi connectivity index (χ0) is 11.4. The molecule has 0 spiro atoms. The highest BCUT2D eigenvalue weighted by Crippen LogP contribution is 2.23. The largest absolute Gasteiger partial charge is 0.396 e. The van der Waals surface area contributed by atoms with E-state index in [2.05, 4.69) is 0 Å². The molecule has 0 amide bonds. The van der Waals surface area contributed by atoms with Crippen molar-refractivity contribution < 1.29 is 19.7 Å². The Kier molecular flexibility index (Phi) is 4.20. The van der Waals surface area contributed by atoms with Crippen LogP contribution in [0, 0.1) is 12.7 Å². The summed E-state index contributed by atoms with van der Waals surface area (Å²) in [6, 6.07) is 4.03. The zero-order valence-corrected chi connectivity index (χ0v) is 8.52. The lowest BCUT2D eigenvalue weighted by Gasteiger charge is -2.19. The van der Waals surface area contributed by atoms with E-state index in [1.807, 2.05) is 0 Å². The predicted octanol–water partition coefficient (Wildman–Crippen LogP) is 0.911. The molecule has 3 nitrogen and oxygen atoms in total. The van der Waals surface area contributed by atoms with E-state index < -0.39 is 18.0 Å². The molecule has 84 valence electrons. The molecular formula is C11H15FO3. The van der Waals surface area contributed by atoms with Crippen molar-refractivity contribution in [3.8, 4) is 0 Å². The third kappa shape index (κ3) is 2.99. The third-order valence-corrected chi connectivity index (χ3v) is 2.35. The number of benzene rings is 1. The molecule has 1 aromatic rings. The fraction of sp³-hybridized carbons (Fsp3) is 0.455. The van der Waals surface area contributed by atoms with Crippen molar-refractivity contribution in [2.45, 2.75) is 25.6 Å². The van der Waals surface area contributed by atoms with E-state index in [1.54, 1.807) is 13.0 Å². The van der Waals surface area contributed by atoms with Gasteiger partial charge >= 0.3 is 0 Å². The minimum absolute atomic E-state index is 0.0666. The molecule has 0 aliphatic rings. The van der Waals surface area contributed by atoms with E-state index in [0.29, 0.717) is 11.1 Å². The van der Waals surface area contributed by atoms with Crippen LogP contribution in [0.3, 0.4) is 0 Å². The number of aliphatic hydroxyl groups is 3. The van der Waals surface area contributed by atoms with Gasteiger partial charge in [0.25, 0.3) is 0 Å². The summed E-state index contributed by atoms with van der Waals surface area (Å²) in [5, 5.41) is 27.8. The number of aliphatic hydroxyl groups excluding tert-OH is 3. The summed E-state index contributed by atoms with van der Waals surface area (Å²) < 4.78 is 12.9. The van der Waals surface area contributed by atoms with Crippen molar-refractivity contribution in [3.63, 3.8) is 0 Å². The van der Waals surface area contributed by atoms with Gasteiger partial charge in [0.15, 0.2) is 0 Å². The summed E-state index contributed by atoms with van der Waals surface area (Å²) in [6.45, 7) is 1.51. The molecule has 0 radical (unpaired) electrons. The molecule has 0 fully saturated rings. The van der Waals surface area contributed by atoms with Crippen molar-refractivity contribution in [2.24, 2.45) is 0 Å². The van der Waals surface area contributed by atoms with Crippen LogP contribution in [0.5, 0.6) is 0 Å². The van der Waals surface area contributed by atoms with E-state index in [-0.39, 0.29) is 13.0 Å². The highest BCUT2D eigenvalue weighted by atomic mass is 19.1. The number of hydrogen-bond acceptors (Lipinski definition) is 3. The molecule has 1 rings (SSSR count). The Morgan fingerprint density at radius 1 is 1.33 bits per heavy atom. The summed E-state index contributed by atoms with van der Waals surface area (Å²) in [5.74, 6) is -0.453.